The van der Waals surface area contributed by atoms with Gasteiger partial charge in [0.15, 0.2) is 17.5 Å². The fourth-order valence-electron chi connectivity index (χ4n) is 13.4. The summed E-state index contributed by atoms with van der Waals surface area (Å²) in [6.45, 7) is 5.44. The summed E-state index contributed by atoms with van der Waals surface area (Å²) >= 11 is 0. The number of morpholine rings is 2. The molecule has 4 saturated heterocycles. The predicted molar refractivity (Wildman–Crippen MR) is 343 cm³/mol. The highest BCUT2D eigenvalue weighted by Gasteiger charge is 2.48. The van der Waals surface area contributed by atoms with Crippen LogP contribution in [0.15, 0.2) is 110 Å². The summed E-state index contributed by atoms with van der Waals surface area (Å²) < 4.78 is 59.6. The van der Waals surface area contributed by atoms with Crippen LogP contribution in [0.2, 0.25) is 0 Å². The number of nitrogens with one attached hydrogen (secondary N) is 4. The van der Waals surface area contributed by atoms with E-state index < -0.39 is 17.5 Å². The van der Waals surface area contributed by atoms with Crippen LogP contribution in [0.25, 0.3) is 50.8 Å². The van der Waals surface area contributed by atoms with Gasteiger partial charge in [-0.05, 0) is 67.4 Å². The number of pyridine rings is 3. The number of aromatic nitrogens is 9. The van der Waals surface area contributed by atoms with E-state index in [1.807, 2.05) is 34.1 Å². The van der Waals surface area contributed by atoms with Crippen molar-refractivity contribution in [2.45, 2.75) is 44.6 Å². The van der Waals surface area contributed by atoms with Crippen molar-refractivity contribution in [3.8, 4) is 69.0 Å². The Hall–Kier alpha value is -11.9. The highest BCUT2D eigenvalue weighted by atomic mass is 19.1. The zero-order chi connectivity index (χ0) is 67.9. The van der Waals surface area contributed by atoms with Crippen LogP contribution in [0.4, 0.5) is 30.6 Å². The van der Waals surface area contributed by atoms with E-state index in [1.165, 1.54) is 54.6 Å². The summed E-state index contributed by atoms with van der Waals surface area (Å²) in [5.74, 6) is -0.514. The molecule has 6 N–H and O–H groups in total. The first kappa shape index (κ1) is 63.5. The van der Waals surface area contributed by atoms with Gasteiger partial charge in [-0.1, -0.05) is 18.2 Å². The summed E-state index contributed by atoms with van der Waals surface area (Å²) in [5, 5.41) is 72.9. The molecule has 3 atom stereocenters. The number of anilines is 3. The third-order valence-corrected chi connectivity index (χ3v) is 18.3. The van der Waals surface area contributed by atoms with Crippen molar-refractivity contribution in [3.63, 3.8) is 0 Å². The minimum absolute atomic E-state index is 0.0751. The maximum absolute atomic E-state index is 14.7. The molecular weight excluding hydrogens is 1270 g/mol. The lowest BCUT2D eigenvalue weighted by molar-refractivity contribution is -0.126. The third-order valence-electron chi connectivity index (χ3n) is 18.3. The van der Waals surface area contributed by atoms with Gasteiger partial charge in [0, 0.05) is 69.5 Å². The average molecular weight is 1330 g/mol. The number of aliphatic hydroxyl groups is 2. The Morgan fingerprint density at radius 3 is 1.27 bits per heavy atom. The number of rotatable bonds is 11. The molecule has 13 heterocycles. The fraction of sp³-hybridized carbons (Fsp3) is 0.279. The zero-order valence-corrected chi connectivity index (χ0v) is 52.0. The average Bonchev–Trinajstić information content (AvgIpc) is 1.49. The number of fused-ring (bicyclic) bond motifs is 3. The Morgan fingerprint density at radius 2 is 0.898 bits per heavy atom. The molecule has 4 amide bonds. The van der Waals surface area contributed by atoms with Crippen LogP contribution in [0, 0.1) is 56.9 Å². The van der Waals surface area contributed by atoms with E-state index >= 15 is 0 Å². The normalized spacial score (nSPS) is 18.9. The second-order valence-corrected chi connectivity index (χ2v) is 23.9. The lowest BCUT2D eigenvalue weighted by atomic mass is 9.86. The minimum atomic E-state index is -0.569. The van der Waals surface area contributed by atoms with Crippen LogP contribution in [-0.4, -0.2) is 163 Å². The number of carbonyl (C=O) groups is 4. The van der Waals surface area contributed by atoms with Gasteiger partial charge in [-0.2, -0.15) is 31.1 Å². The van der Waals surface area contributed by atoms with Crippen molar-refractivity contribution in [2.75, 3.05) is 87.1 Å². The molecule has 30 heteroatoms. The van der Waals surface area contributed by atoms with Crippen molar-refractivity contribution < 1.29 is 52.0 Å². The molecule has 0 aliphatic carbocycles. The molecule has 4 fully saturated rings. The number of halogens is 3. The molecule has 3 aromatic carbocycles. The summed E-state index contributed by atoms with van der Waals surface area (Å²) in [4.78, 5) is 69.4. The Kier molecular flexibility index (Phi) is 17.1. The first-order valence-electron chi connectivity index (χ1n) is 31.4. The molecule has 0 saturated carbocycles. The number of carbonyl (C=O) groups excluding carboxylic acids is 4. The summed E-state index contributed by atoms with van der Waals surface area (Å²) in [6, 6.07) is 28.6. The summed E-state index contributed by atoms with van der Waals surface area (Å²) in [5.41, 5.74) is 4.96. The maximum atomic E-state index is 14.7. The molecule has 0 radical (unpaired) electrons. The van der Waals surface area contributed by atoms with Crippen LogP contribution < -0.4 is 36.0 Å². The van der Waals surface area contributed by atoms with Gasteiger partial charge in [0.2, 0.25) is 5.91 Å². The molecule has 7 aliphatic rings. The number of hydrogen-bond acceptors (Lipinski definition) is 20. The summed E-state index contributed by atoms with van der Waals surface area (Å²) in [6.07, 6.45) is 6.74. The molecule has 0 unspecified atom stereocenters. The molecule has 6 aromatic heterocycles. The van der Waals surface area contributed by atoms with Gasteiger partial charge in [-0.15, -0.1) is 0 Å². The van der Waals surface area contributed by atoms with Crippen molar-refractivity contribution in [3.05, 3.63) is 178 Å². The van der Waals surface area contributed by atoms with E-state index in [0.29, 0.717) is 127 Å². The Morgan fingerprint density at radius 1 is 0.510 bits per heavy atom. The van der Waals surface area contributed by atoms with Gasteiger partial charge in [-0.25, -0.2) is 42.2 Å². The van der Waals surface area contributed by atoms with E-state index in [2.05, 4.69) is 51.3 Å². The van der Waals surface area contributed by atoms with Gasteiger partial charge in [0.05, 0.1) is 196 Å². The monoisotopic (exact) mass is 1330 g/mol. The number of nitriles is 3. The van der Waals surface area contributed by atoms with Crippen molar-refractivity contribution in [1.29, 1.82) is 15.8 Å². The van der Waals surface area contributed by atoms with Crippen LogP contribution in [0.3, 0.4) is 0 Å². The molecule has 98 heavy (non-hydrogen) atoms. The lowest BCUT2D eigenvalue weighted by Crippen LogP contribution is -2.47. The van der Waals surface area contributed by atoms with Crippen molar-refractivity contribution >= 4 is 41.1 Å². The SMILES string of the molecule is N#Cc1cccc(F)c1-c1cc(-n2ccc(N3CCOC[C@@H]3CO)n2)c2c(n1)CNC2=O.N#Cc1cccc(F)c1-c1cc(-n2ccc(N3CCOC[C@H]3CO)n2)c2c(n1)CNC2=O.N#Cc1cccc(F)c1-c1cc(-n2ccc(N3CC[C@]4(CCNC4=O)C3)n2)c2c(n1)CNC2=O. The van der Waals surface area contributed by atoms with E-state index in [4.69, 9.17) is 14.6 Å². The van der Waals surface area contributed by atoms with Gasteiger partial charge >= 0.3 is 0 Å². The molecule has 494 valence electrons. The molecule has 7 aliphatic heterocycles. The standard InChI is InChI=1S/C24H20FN7O2.2C22H19FN6O3/c25-15-3-1-2-14(11-26)20(15)16-10-18(21-17(29-16)12-28-22(21)33)32-8-4-19(30-32)31-9-6-24(13-31)5-7-27-23(24)34;2*23-15-3-1-2-13(9-24)20(15)16-8-18(21-17(26-16)10-25-22(21)31)29-5-4-19(27-29)28-6-7-32-12-14(28)11-30/h1-4,8,10H,5-7,9,12-13H2,(H,27,34)(H,28,33);2*1-5,8,14,30H,6-7,10-12H2,(H,25,31)/t24-;2*14-/m110/s1. The minimum Gasteiger partial charge on any atom is -0.394 e. The van der Waals surface area contributed by atoms with Crippen LogP contribution in [0.5, 0.6) is 0 Å². The third kappa shape index (κ3) is 11.6. The largest absolute Gasteiger partial charge is 0.394 e. The van der Waals surface area contributed by atoms with Gasteiger partial charge < -0.3 is 55.7 Å². The molecule has 0 bridgehead atoms. The highest BCUT2D eigenvalue weighted by Crippen LogP contribution is 2.40. The quantitative estimate of drug-likeness (QED) is 0.102. The molecule has 16 rings (SSSR count). The van der Waals surface area contributed by atoms with Crippen LogP contribution in [0.1, 0.15) is 77.7 Å². The Bertz CT molecular complexity index is 4670. The van der Waals surface area contributed by atoms with E-state index in [-0.39, 0.29) is 124 Å². The van der Waals surface area contributed by atoms with Gasteiger partial charge in [0.1, 0.15) is 17.5 Å². The zero-order valence-electron chi connectivity index (χ0n) is 52.0. The van der Waals surface area contributed by atoms with Gasteiger partial charge in [0.25, 0.3) is 17.7 Å². The van der Waals surface area contributed by atoms with Crippen molar-refractivity contribution in [2.24, 2.45) is 5.41 Å². The lowest BCUT2D eigenvalue weighted by Gasteiger charge is -2.34. The van der Waals surface area contributed by atoms with Crippen molar-refractivity contribution in [1.82, 2.24) is 65.6 Å². The second-order valence-electron chi connectivity index (χ2n) is 23.9. The Balaban J connectivity index is 0.000000126. The molecule has 27 nitrogen and oxygen atoms in total. The first-order valence-corrected chi connectivity index (χ1v) is 31.4. The number of nitrogens with zero attached hydrogens (tertiary/aromatic N) is 15. The van der Waals surface area contributed by atoms with E-state index in [9.17, 15) is 58.3 Å². The maximum Gasteiger partial charge on any atom is 0.255 e. The number of ether oxygens (including phenoxy) is 2. The van der Waals surface area contributed by atoms with Gasteiger partial charge in [-0.3, -0.25) is 19.2 Å². The second kappa shape index (κ2) is 26.4. The van der Waals surface area contributed by atoms with Crippen LogP contribution in [-0.2, 0) is 33.9 Å². The smallest absolute Gasteiger partial charge is 0.255 e. The highest BCUT2D eigenvalue weighted by molar-refractivity contribution is 6.03. The Labute approximate surface area is 555 Å². The van der Waals surface area contributed by atoms with E-state index in [0.717, 1.165) is 12.8 Å². The molecular formula is C68H58F3N19O8. The molecule has 9 aromatic rings. The predicted octanol–water partition coefficient (Wildman–Crippen LogP) is 4.68. The molecule has 1 spiro atoms. The number of amides is 4. The topological polar surface area (TPSA) is 349 Å². The van der Waals surface area contributed by atoms with E-state index in [1.54, 1.807) is 63.0 Å². The van der Waals surface area contributed by atoms with Crippen LogP contribution >= 0.6 is 0 Å². The fourth-order valence-corrected chi connectivity index (χ4v) is 13.4. The number of hydrogen-bond donors (Lipinski definition) is 6. The summed E-state index contributed by atoms with van der Waals surface area (Å²) in [7, 11) is 0. The first-order chi connectivity index (χ1) is 47.7. The number of aliphatic hydroxyl groups excluding tert-OH is 2. The number of benzene rings is 3.